The largest absolute Gasteiger partial charge is 0.353 e. The van der Waals surface area contributed by atoms with Gasteiger partial charge in [0.05, 0.1) is 11.7 Å². The lowest BCUT2D eigenvalue weighted by molar-refractivity contribution is -0.127. The van der Waals surface area contributed by atoms with E-state index in [0.717, 1.165) is 12.8 Å². The quantitative estimate of drug-likeness (QED) is 0.714. The first kappa shape index (κ1) is 23.0. The fourth-order valence-corrected chi connectivity index (χ4v) is 5.80. The average molecular weight is 456 g/mol. The van der Waals surface area contributed by atoms with E-state index in [9.17, 15) is 18.0 Å². The molecule has 0 aliphatic carbocycles. The van der Waals surface area contributed by atoms with Gasteiger partial charge in [0, 0.05) is 42.8 Å². The Kier molecular flexibility index (Phi) is 7.76. The van der Waals surface area contributed by atoms with Crippen LogP contribution in [-0.4, -0.2) is 67.4 Å². The van der Waals surface area contributed by atoms with E-state index >= 15 is 0 Å². The van der Waals surface area contributed by atoms with E-state index in [-0.39, 0.29) is 29.5 Å². The van der Waals surface area contributed by atoms with Gasteiger partial charge in [-0.2, -0.15) is 0 Å². The highest BCUT2D eigenvalue weighted by molar-refractivity contribution is 7.89. The maximum atomic E-state index is 12.8. The van der Waals surface area contributed by atoms with E-state index in [1.807, 2.05) is 6.92 Å². The summed E-state index contributed by atoms with van der Waals surface area (Å²) in [5.41, 5.74) is 0.570. The fraction of sp³-hybridized carbons (Fsp3) is 0.619. The SMILES string of the molecule is CCCS(=O)(=O)N1CCC(NC(=O)C2CCCN(C(=O)c3ccc(Cl)cc3)C2)CC1. The van der Waals surface area contributed by atoms with Crippen LogP contribution < -0.4 is 5.32 Å². The number of halogens is 1. The van der Waals surface area contributed by atoms with Crippen LogP contribution >= 0.6 is 11.6 Å². The molecular formula is C21H30ClN3O4S. The van der Waals surface area contributed by atoms with Crippen LogP contribution in [0, 0.1) is 5.92 Å². The normalized spacial score (nSPS) is 21.4. The molecule has 1 unspecified atom stereocenters. The van der Waals surface area contributed by atoms with Crippen LogP contribution in [0.1, 0.15) is 49.4 Å². The number of hydrogen-bond donors (Lipinski definition) is 1. The van der Waals surface area contributed by atoms with Crippen LogP contribution in [0.4, 0.5) is 0 Å². The average Bonchev–Trinajstić information content (AvgIpc) is 2.74. The Hall–Kier alpha value is -1.64. The second-order valence-corrected chi connectivity index (χ2v) is 10.6. The molecule has 166 valence electrons. The molecule has 1 atom stereocenters. The number of benzene rings is 1. The van der Waals surface area contributed by atoms with Crippen LogP contribution in [0.2, 0.25) is 5.02 Å². The predicted octanol–water partition coefficient (Wildman–Crippen LogP) is 2.51. The van der Waals surface area contributed by atoms with Crippen LogP contribution in [0.3, 0.4) is 0 Å². The van der Waals surface area contributed by atoms with Crippen molar-refractivity contribution >= 4 is 33.4 Å². The van der Waals surface area contributed by atoms with Crippen LogP contribution in [0.25, 0.3) is 0 Å². The van der Waals surface area contributed by atoms with Gasteiger partial charge in [0.15, 0.2) is 0 Å². The number of nitrogens with zero attached hydrogens (tertiary/aromatic N) is 2. The van der Waals surface area contributed by atoms with Gasteiger partial charge in [0.1, 0.15) is 0 Å². The highest BCUT2D eigenvalue weighted by atomic mass is 35.5. The van der Waals surface area contributed by atoms with Crippen LogP contribution in [-0.2, 0) is 14.8 Å². The minimum absolute atomic E-state index is 0.0204. The Morgan fingerprint density at radius 3 is 2.40 bits per heavy atom. The third kappa shape index (κ3) is 5.74. The van der Waals surface area contributed by atoms with Crippen molar-refractivity contribution in [3.05, 3.63) is 34.9 Å². The fourth-order valence-electron chi connectivity index (χ4n) is 4.14. The van der Waals surface area contributed by atoms with E-state index in [1.54, 1.807) is 29.2 Å². The number of amides is 2. The number of rotatable bonds is 6. The topological polar surface area (TPSA) is 86.8 Å². The lowest BCUT2D eigenvalue weighted by atomic mass is 9.95. The predicted molar refractivity (Wildman–Crippen MR) is 117 cm³/mol. The molecule has 2 saturated heterocycles. The van der Waals surface area contributed by atoms with Gasteiger partial charge in [-0.15, -0.1) is 0 Å². The molecule has 30 heavy (non-hydrogen) atoms. The summed E-state index contributed by atoms with van der Waals surface area (Å²) >= 11 is 5.89. The molecule has 3 rings (SSSR count). The van der Waals surface area contributed by atoms with Crippen LogP contribution in [0.5, 0.6) is 0 Å². The minimum Gasteiger partial charge on any atom is -0.353 e. The summed E-state index contributed by atoms with van der Waals surface area (Å²) in [6.45, 7) is 3.78. The molecule has 1 aromatic carbocycles. The van der Waals surface area contributed by atoms with Crippen molar-refractivity contribution in [3.63, 3.8) is 0 Å². The number of hydrogen-bond acceptors (Lipinski definition) is 4. The molecular weight excluding hydrogens is 426 g/mol. The van der Waals surface area contributed by atoms with Crippen LogP contribution in [0.15, 0.2) is 24.3 Å². The van der Waals surface area contributed by atoms with E-state index in [4.69, 9.17) is 11.6 Å². The van der Waals surface area contributed by atoms with Crippen molar-refractivity contribution < 1.29 is 18.0 Å². The van der Waals surface area contributed by atoms with E-state index < -0.39 is 10.0 Å². The molecule has 2 aliphatic rings. The zero-order valence-electron chi connectivity index (χ0n) is 17.3. The van der Waals surface area contributed by atoms with Crippen molar-refractivity contribution in [3.8, 4) is 0 Å². The van der Waals surface area contributed by atoms with E-state index in [2.05, 4.69) is 5.32 Å². The smallest absolute Gasteiger partial charge is 0.253 e. The third-order valence-corrected chi connectivity index (χ3v) is 8.15. The Bertz CT molecular complexity index is 852. The molecule has 7 nitrogen and oxygen atoms in total. The summed E-state index contributed by atoms with van der Waals surface area (Å²) in [6.07, 6.45) is 3.38. The van der Waals surface area contributed by atoms with Gasteiger partial charge in [-0.3, -0.25) is 9.59 Å². The molecule has 9 heteroatoms. The second-order valence-electron chi connectivity index (χ2n) is 8.10. The summed E-state index contributed by atoms with van der Waals surface area (Å²) < 4.78 is 25.9. The molecule has 0 aromatic heterocycles. The number of carbonyl (C=O) groups is 2. The van der Waals surface area contributed by atoms with Gasteiger partial charge in [-0.25, -0.2) is 12.7 Å². The summed E-state index contributed by atoms with van der Waals surface area (Å²) in [5, 5.41) is 3.66. The van der Waals surface area contributed by atoms with Gasteiger partial charge in [0.2, 0.25) is 15.9 Å². The van der Waals surface area contributed by atoms with Crippen molar-refractivity contribution in [2.45, 2.75) is 45.1 Å². The Morgan fingerprint density at radius 1 is 1.10 bits per heavy atom. The molecule has 1 aromatic rings. The number of nitrogens with one attached hydrogen (secondary N) is 1. The Balaban J connectivity index is 1.51. The standard InChI is InChI=1S/C21H30ClN3O4S/c1-2-14-30(28,29)25-12-9-19(10-13-25)23-20(26)17-4-3-11-24(15-17)21(27)16-5-7-18(22)8-6-16/h5-8,17,19H,2-4,9-15H2,1H3,(H,23,26). The molecule has 0 spiro atoms. The second kappa shape index (κ2) is 10.1. The highest BCUT2D eigenvalue weighted by Crippen LogP contribution is 2.21. The van der Waals surface area contributed by atoms with Crippen molar-refractivity contribution in [1.29, 1.82) is 0 Å². The molecule has 1 N–H and O–H groups in total. The minimum atomic E-state index is -3.18. The lowest BCUT2D eigenvalue weighted by Crippen LogP contribution is -2.51. The molecule has 2 heterocycles. The number of piperidine rings is 2. The first-order valence-electron chi connectivity index (χ1n) is 10.6. The molecule has 0 saturated carbocycles. The summed E-state index contributed by atoms with van der Waals surface area (Å²) in [7, 11) is -3.18. The number of likely N-dealkylation sites (tertiary alicyclic amines) is 1. The zero-order chi connectivity index (χ0) is 21.7. The molecule has 2 aliphatic heterocycles. The molecule has 0 radical (unpaired) electrons. The monoisotopic (exact) mass is 455 g/mol. The first-order valence-corrected chi connectivity index (χ1v) is 12.6. The van der Waals surface area contributed by atoms with Gasteiger partial charge >= 0.3 is 0 Å². The van der Waals surface area contributed by atoms with E-state index in [1.165, 1.54) is 4.31 Å². The first-order chi connectivity index (χ1) is 14.3. The lowest BCUT2D eigenvalue weighted by Gasteiger charge is -2.35. The van der Waals surface area contributed by atoms with Gasteiger partial charge < -0.3 is 10.2 Å². The van der Waals surface area contributed by atoms with Crippen molar-refractivity contribution in [2.24, 2.45) is 5.92 Å². The molecule has 2 amide bonds. The zero-order valence-corrected chi connectivity index (χ0v) is 18.9. The Labute approximate surface area is 183 Å². The summed E-state index contributed by atoms with van der Waals surface area (Å²) in [6, 6.07) is 6.77. The van der Waals surface area contributed by atoms with Gasteiger partial charge in [-0.05, 0) is 56.4 Å². The third-order valence-electron chi connectivity index (χ3n) is 5.83. The van der Waals surface area contributed by atoms with Gasteiger partial charge in [-0.1, -0.05) is 18.5 Å². The Morgan fingerprint density at radius 2 is 1.77 bits per heavy atom. The molecule has 2 fully saturated rings. The maximum absolute atomic E-state index is 12.8. The summed E-state index contributed by atoms with van der Waals surface area (Å²) in [4.78, 5) is 27.3. The molecule has 0 bridgehead atoms. The van der Waals surface area contributed by atoms with Crippen molar-refractivity contribution in [2.75, 3.05) is 31.9 Å². The van der Waals surface area contributed by atoms with Crippen molar-refractivity contribution in [1.82, 2.24) is 14.5 Å². The highest BCUT2D eigenvalue weighted by Gasteiger charge is 2.32. The van der Waals surface area contributed by atoms with Gasteiger partial charge in [0.25, 0.3) is 5.91 Å². The number of carbonyl (C=O) groups excluding carboxylic acids is 2. The summed E-state index contributed by atoms with van der Waals surface area (Å²) in [5.74, 6) is -0.197. The number of sulfonamides is 1. The maximum Gasteiger partial charge on any atom is 0.253 e. The van der Waals surface area contributed by atoms with E-state index in [0.29, 0.717) is 56.0 Å².